The number of methoxy groups -OCH3 is 1. The second kappa shape index (κ2) is 9.49. The van der Waals surface area contributed by atoms with Gasteiger partial charge >= 0.3 is 0 Å². The van der Waals surface area contributed by atoms with E-state index in [4.69, 9.17) is 4.74 Å². The Morgan fingerprint density at radius 2 is 2.05 bits per heavy atom. The fourth-order valence-electron chi connectivity index (χ4n) is 5.57. The van der Waals surface area contributed by atoms with Crippen LogP contribution in [0.2, 0.25) is 0 Å². The number of anilines is 1. The summed E-state index contributed by atoms with van der Waals surface area (Å²) in [5, 5.41) is 12.9. The molecule has 2 aromatic carbocycles. The molecule has 5 rings (SSSR count). The van der Waals surface area contributed by atoms with Crippen LogP contribution in [0, 0.1) is 17.2 Å². The third-order valence-corrected chi connectivity index (χ3v) is 7.58. The molecular weight excluding hydrogens is 484 g/mol. The lowest BCUT2D eigenvalue weighted by molar-refractivity contribution is -0.136. The van der Waals surface area contributed by atoms with Crippen molar-refractivity contribution >= 4 is 34.4 Å². The zero-order valence-corrected chi connectivity index (χ0v) is 21.8. The predicted molar refractivity (Wildman–Crippen MR) is 140 cm³/mol. The first kappa shape index (κ1) is 25.3. The quantitative estimate of drug-likeness (QED) is 0.520. The minimum Gasteiger partial charge on any atom is -0.497 e. The molecule has 0 aliphatic carbocycles. The molecule has 0 saturated carbocycles. The summed E-state index contributed by atoms with van der Waals surface area (Å²) in [5.74, 6) is -0.178. The number of aromatic nitrogens is 2. The van der Waals surface area contributed by atoms with Gasteiger partial charge in [0.15, 0.2) is 5.82 Å². The first-order chi connectivity index (χ1) is 18.2. The topological polar surface area (TPSA) is 131 Å². The van der Waals surface area contributed by atoms with Gasteiger partial charge in [0.2, 0.25) is 11.8 Å². The number of carbonyl (C=O) groups is 3. The second-order valence-corrected chi connectivity index (χ2v) is 10.4. The fourth-order valence-corrected chi connectivity index (χ4v) is 5.57. The molecule has 1 spiro atoms. The Morgan fingerprint density at radius 1 is 1.29 bits per heavy atom. The van der Waals surface area contributed by atoms with Crippen molar-refractivity contribution < 1.29 is 19.1 Å². The fraction of sp³-hybridized carbons (Fsp3) is 0.393. The van der Waals surface area contributed by atoms with Crippen molar-refractivity contribution in [1.82, 2.24) is 19.8 Å². The Balaban J connectivity index is 1.45. The van der Waals surface area contributed by atoms with Crippen molar-refractivity contribution in [2.24, 2.45) is 5.92 Å². The number of likely N-dealkylation sites (tertiary alicyclic amines) is 1. The molecule has 1 aromatic heterocycles. The summed E-state index contributed by atoms with van der Waals surface area (Å²) in [5.41, 5.74) is 1.75. The Hall–Kier alpha value is -4.39. The van der Waals surface area contributed by atoms with Crippen LogP contribution in [0.15, 0.2) is 42.5 Å². The third kappa shape index (κ3) is 4.04. The molecule has 0 bridgehead atoms. The van der Waals surface area contributed by atoms with Gasteiger partial charge in [-0.25, -0.2) is 4.98 Å². The number of hydrogen-bond acceptors (Lipinski definition) is 6. The molecule has 2 N–H and O–H groups in total. The number of hydrogen-bond donors (Lipinski definition) is 2. The summed E-state index contributed by atoms with van der Waals surface area (Å²) in [7, 11) is 3.14. The van der Waals surface area contributed by atoms with Gasteiger partial charge in [0.1, 0.15) is 17.8 Å². The molecule has 2 aliphatic rings. The van der Waals surface area contributed by atoms with Crippen LogP contribution in [0.3, 0.4) is 0 Å². The Morgan fingerprint density at radius 3 is 2.76 bits per heavy atom. The van der Waals surface area contributed by atoms with Gasteiger partial charge in [-0.05, 0) is 36.1 Å². The van der Waals surface area contributed by atoms with Crippen molar-refractivity contribution in [2.75, 3.05) is 26.0 Å². The normalized spacial score (nSPS) is 20.9. The van der Waals surface area contributed by atoms with Gasteiger partial charge in [0.05, 0.1) is 29.6 Å². The number of benzene rings is 2. The minimum absolute atomic E-state index is 0.0773. The maximum atomic E-state index is 14.0. The van der Waals surface area contributed by atoms with Crippen LogP contribution in [0.1, 0.15) is 42.9 Å². The summed E-state index contributed by atoms with van der Waals surface area (Å²) in [4.78, 5) is 51.0. The molecule has 3 heterocycles. The van der Waals surface area contributed by atoms with E-state index >= 15 is 0 Å². The van der Waals surface area contributed by atoms with Crippen LogP contribution in [0.5, 0.6) is 5.75 Å². The minimum atomic E-state index is -0.991. The molecule has 2 aliphatic heterocycles. The first-order valence-corrected chi connectivity index (χ1v) is 12.6. The van der Waals surface area contributed by atoms with Crippen LogP contribution in [0.4, 0.5) is 5.69 Å². The highest BCUT2D eigenvalue weighted by Crippen LogP contribution is 2.46. The maximum absolute atomic E-state index is 14.0. The van der Waals surface area contributed by atoms with E-state index in [1.54, 1.807) is 32.4 Å². The van der Waals surface area contributed by atoms with Crippen molar-refractivity contribution in [3.63, 3.8) is 0 Å². The maximum Gasteiger partial charge on any atom is 0.290 e. The summed E-state index contributed by atoms with van der Waals surface area (Å²) >= 11 is 0. The lowest BCUT2D eigenvalue weighted by atomic mass is 9.80. The molecule has 10 nitrogen and oxygen atoms in total. The first-order valence-electron chi connectivity index (χ1n) is 12.6. The second-order valence-electron chi connectivity index (χ2n) is 10.4. The van der Waals surface area contributed by atoms with Crippen LogP contribution in [-0.4, -0.2) is 70.3 Å². The smallest absolute Gasteiger partial charge is 0.290 e. The number of imidazole rings is 1. The summed E-state index contributed by atoms with van der Waals surface area (Å²) in [6.07, 6.45) is 0.592. The SMILES string of the molecule is COc1ccc2nc(C(=O)N(C)[C@@H](CC(C)C)C(=O)N3C[C@]4(C[C@H]3C#N)C(=O)Nc3ccccc34)[nH]c2c1. The summed E-state index contributed by atoms with van der Waals surface area (Å²) < 4.78 is 5.25. The van der Waals surface area contributed by atoms with Crippen molar-refractivity contribution in [1.29, 1.82) is 5.26 Å². The van der Waals surface area contributed by atoms with E-state index in [1.165, 1.54) is 9.80 Å². The van der Waals surface area contributed by atoms with E-state index in [-0.39, 0.29) is 36.5 Å². The third-order valence-electron chi connectivity index (χ3n) is 7.58. The van der Waals surface area contributed by atoms with Crippen LogP contribution < -0.4 is 10.1 Å². The predicted octanol–water partition coefficient (Wildman–Crippen LogP) is 3.07. The zero-order valence-electron chi connectivity index (χ0n) is 21.8. The van der Waals surface area contributed by atoms with Crippen LogP contribution in [0.25, 0.3) is 11.0 Å². The largest absolute Gasteiger partial charge is 0.497 e. The number of nitrogens with one attached hydrogen (secondary N) is 2. The summed E-state index contributed by atoms with van der Waals surface area (Å²) in [6, 6.07) is 13.2. The molecule has 1 fully saturated rings. The number of likely N-dealkylation sites (N-methyl/N-ethyl adjacent to an activating group) is 1. The molecule has 3 amide bonds. The molecule has 0 radical (unpaired) electrons. The molecule has 1 saturated heterocycles. The average Bonchev–Trinajstić information content (AvgIpc) is 3.59. The van der Waals surface area contributed by atoms with E-state index in [9.17, 15) is 19.6 Å². The molecular formula is C28H30N6O4. The number of para-hydroxylation sites is 1. The van der Waals surface area contributed by atoms with Gasteiger partial charge in [-0.3, -0.25) is 14.4 Å². The van der Waals surface area contributed by atoms with Gasteiger partial charge < -0.3 is 24.8 Å². The van der Waals surface area contributed by atoms with Crippen molar-refractivity contribution in [3.05, 3.63) is 53.9 Å². The summed E-state index contributed by atoms with van der Waals surface area (Å²) in [6.45, 7) is 4.02. The van der Waals surface area contributed by atoms with E-state index in [0.29, 0.717) is 28.9 Å². The molecule has 3 atom stereocenters. The number of fused-ring (bicyclic) bond motifs is 3. The number of nitrogens with zero attached hydrogens (tertiary/aromatic N) is 4. The van der Waals surface area contributed by atoms with Gasteiger partial charge in [0.25, 0.3) is 5.91 Å². The van der Waals surface area contributed by atoms with Gasteiger partial charge in [0, 0.05) is 31.8 Å². The zero-order chi connectivity index (χ0) is 27.2. The number of carbonyl (C=O) groups excluding carboxylic acids is 3. The van der Waals surface area contributed by atoms with Gasteiger partial charge in [-0.2, -0.15) is 5.26 Å². The highest BCUT2D eigenvalue weighted by atomic mass is 16.5. The molecule has 3 aromatic rings. The van der Waals surface area contributed by atoms with Crippen LogP contribution >= 0.6 is 0 Å². The van der Waals surface area contributed by atoms with E-state index in [1.807, 2.05) is 38.1 Å². The Bertz CT molecular complexity index is 1470. The van der Waals surface area contributed by atoms with Crippen molar-refractivity contribution in [2.45, 2.75) is 44.2 Å². The van der Waals surface area contributed by atoms with Gasteiger partial charge in [-0.1, -0.05) is 32.0 Å². The monoisotopic (exact) mass is 514 g/mol. The number of rotatable bonds is 6. The van der Waals surface area contributed by atoms with E-state index in [0.717, 1.165) is 5.56 Å². The average molecular weight is 515 g/mol. The molecule has 38 heavy (non-hydrogen) atoms. The number of aromatic amines is 1. The molecule has 0 unspecified atom stereocenters. The highest BCUT2D eigenvalue weighted by molar-refractivity contribution is 6.07. The standard InChI is InChI=1S/C28H30N6O4/c1-16(2)11-23(33(3)26(36)24-30-21-10-9-18(38-4)12-22(21)31-24)25(35)34-15-28(13-17(34)14-29)19-7-5-6-8-20(19)32-27(28)37/h5-10,12,16-17,23H,11,13,15H2,1-4H3,(H,30,31)(H,32,37)/t17-,23-,28-/m0/s1. The number of ether oxygens (including phenoxy) is 1. The molecule has 196 valence electrons. The lowest BCUT2D eigenvalue weighted by Crippen LogP contribution is -2.52. The van der Waals surface area contributed by atoms with E-state index in [2.05, 4.69) is 21.4 Å². The number of H-pyrrole nitrogens is 1. The molecule has 10 heteroatoms. The highest BCUT2D eigenvalue weighted by Gasteiger charge is 2.56. The van der Waals surface area contributed by atoms with E-state index < -0.39 is 23.4 Å². The number of amides is 3. The van der Waals surface area contributed by atoms with Gasteiger partial charge in [-0.15, -0.1) is 0 Å². The van der Waals surface area contributed by atoms with Crippen LogP contribution in [-0.2, 0) is 15.0 Å². The Labute approximate surface area is 220 Å². The van der Waals surface area contributed by atoms with Crippen molar-refractivity contribution in [3.8, 4) is 11.8 Å². The number of nitriles is 1. The Kier molecular flexibility index (Phi) is 6.31. The lowest BCUT2D eigenvalue weighted by Gasteiger charge is -2.33.